The fraction of sp³-hybridized carbons (Fsp3) is 0.0952. The maximum absolute atomic E-state index is 12.4. The molecule has 144 valence electrons. The first-order valence-electron chi connectivity index (χ1n) is 9.04. The van der Waals surface area contributed by atoms with Crippen LogP contribution in [0.15, 0.2) is 65.7 Å². The number of fused-ring (bicyclic) bond motifs is 1. The van der Waals surface area contributed by atoms with E-state index >= 15 is 0 Å². The molecule has 0 radical (unpaired) electrons. The second-order valence-corrected chi connectivity index (χ2v) is 6.43. The highest BCUT2D eigenvalue weighted by atomic mass is 16.1. The van der Waals surface area contributed by atoms with Crippen LogP contribution in [0.2, 0.25) is 0 Å². The minimum Gasteiger partial charge on any atom is -0.383 e. The third-order valence-electron chi connectivity index (χ3n) is 4.41. The summed E-state index contributed by atoms with van der Waals surface area (Å²) in [4.78, 5) is 39.2. The molecule has 4 N–H and O–H groups in total. The topological polar surface area (TPSA) is 127 Å². The molecule has 0 aliphatic carbocycles. The van der Waals surface area contributed by atoms with Crippen molar-refractivity contribution in [2.75, 3.05) is 12.3 Å². The van der Waals surface area contributed by atoms with E-state index in [1.165, 1.54) is 6.07 Å². The molecule has 0 atom stereocenters. The largest absolute Gasteiger partial charge is 0.383 e. The average molecular weight is 386 g/mol. The predicted octanol–water partition coefficient (Wildman–Crippen LogP) is 1.93. The number of benzene rings is 1. The Bertz CT molecular complexity index is 1230. The number of nitrogens with one attached hydrogen (secondary N) is 2. The quantitative estimate of drug-likeness (QED) is 0.481. The van der Waals surface area contributed by atoms with Gasteiger partial charge in [0.2, 0.25) is 0 Å². The third-order valence-corrected chi connectivity index (χ3v) is 4.41. The molecule has 0 unspecified atom stereocenters. The molecular weight excluding hydrogens is 368 g/mol. The Kier molecular flexibility index (Phi) is 4.98. The summed E-state index contributed by atoms with van der Waals surface area (Å²) in [5.74, 6) is 0.375. The van der Waals surface area contributed by atoms with Crippen LogP contribution in [0.5, 0.6) is 0 Å². The van der Waals surface area contributed by atoms with E-state index in [1.54, 1.807) is 24.5 Å². The summed E-state index contributed by atoms with van der Waals surface area (Å²) in [5, 5.41) is 3.76. The van der Waals surface area contributed by atoms with Gasteiger partial charge in [-0.05, 0) is 30.3 Å². The number of carbonyl (C=O) groups is 1. The molecule has 0 aliphatic heterocycles. The zero-order valence-corrected chi connectivity index (χ0v) is 15.4. The molecule has 29 heavy (non-hydrogen) atoms. The van der Waals surface area contributed by atoms with Crippen molar-refractivity contribution in [2.45, 2.75) is 6.42 Å². The van der Waals surface area contributed by atoms with E-state index in [9.17, 15) is 9.59 Å². The van der Waals surface area contributed by atoms with Gasteiger partial charge in [-0.2, -0.15) is 0 Å². The molecule has 4 aromatic rings. The minimum atomic E-state index is -0.313. The number of aromatic amines is 1. The zero-order valence-electron chi connectivity index (χ0n) is 15.4. The van der Waals surface area contributed by atoms with Gasteiger partial charge in [0.05, 0.1) is 11.2 Å². The Morgan fingerprint density at radius 3 is 2.69 bits per heavy atom. The van der Waals surface area contributed by atoms with Crippen molar-refractivity contribution >= 4 is 22.6 Å². The summed E-state index contributed by atoms with van der Waals surface area (Å²) in [7, 11) is 0. The van der Waals surface area contributed by atoms with Crippen LogP contribution in [0.4, 0.5) is 5.82 Å². The molecular formula is C21H18N6O2. The lowest BCUT2D eigenvalue weighted by Gasteiger charge is -2.08. The number of amides is 1. The van der Waals surface area contributed by atoms with Gasteiger partial charge >= 0.3 is 0 Å². The summed E-state index contributed by atoms with van der Waals surface area (Å²) in [6, 6.07) is 14.1. The molecule has 3 heterocycles. The summed E-state index contributed by atoms with van der Waals surface area (Å²) in [6.45, 7) is 0.323. The van der Waals surface area contributed by atoms with Crippen LogP contribution in [0.1, 0.15) is 16.2 Å². The fourth-order valence-electron chi connectivity index (χ4n) is 3.06. The van der Waals surface area contributed by atoms with Crippen LogP contribution in [-0.2, 0) is 6.42 Å². The Labute approximate surface area is 165 Å². The lowest BCUT2D eigenvalue weighted by Crippen LogP contribution is -2.26. The van der Waals surface area contributed by atoms with Crippen LogP contribution < -0.4 is 16.6 Å². The Hall–Kier alpha value is -4.07. The zero-order chi connectivity index (χ0) is 20.2. The van der Waals surface area contributed by atoms with Gasteiger partial charge in [-0.15, -0.1) is 0 Å². The number of aromatic nitrogens is 4. The molecule has 0 spiro atoms. The van der Waals surface area contributed by atoms with Crippen LogP contribution in [-0.4, -0.2) is 32.4 Å². The van der Waals surface area contributed by atoms with E-state index in [2.05, 4.69) is 25.3 Å². The number of carbonyl (C=O) groups excluding carboxylic acids is 1. The van der Waals surface area contributed by atoms with Crippen LogP contribution in [0.3, 0.4) is 0 Å². The molecule has 4 rings (SSSR count). The van der Waals surface area contributed by atoms with Gasteiger partial charge in [-0.1, -0.05) is 12.1 Å². The third kappa shape index (κ3) is 4.11. The smallest absolute Gasteiger partial charge is 0.252 e. The van der Waals surface area contributed by atoms with Gasteiger partial charge in [0.25, 0.3) is 11.5 Å². The first-order valence-corrected chi connectivity index (χ1v) is 9.04. The normalized spacial score (nSPS) is 10.8. The van der Waals surface area contributed by atoms with E-state index in [0.29, 0.717) is 24.4 Å². The van der Waals surface area contributed by atoms with E-state index in [1.807, 2.05) is 30.3 Å². The van der Waals surface area contributed by atoms with Crippen LogP contribution in [0.25, 0.3) is 22.2 Å². The van der Waals surface area contributed by atoms with Gasteiger partial charge in [0, 0.05) is 47.9 Å². The molecule has 0 bridgehead atoms. The minimum absolute atomic E-state index is 0.155. The Morgan fingerprint density at radius 2 is 1.90 bits per heavy atom. The fourth-order valence-corrected chi connectivity index (χ4v) is 3.06. The number of hydrogen-bond acceptors (Lipinski definition) is 6. The van der Waals surface area contributed by atoms with Crippen molar-refractivity contribution in [1.29, 1.82) is 0 Å². The first kappa shape index (κ1) is 18.3. The monoisotopic (exact) mass is 386 g/mol. The van der Waals surface area contributed by atoms with Gasteiger partial charge in [0.1, 0.15) is 11.6 Å². The van der Waals surface area contributed by atoms with E-state index < -0.39 is 0 Å². The standard InChI is InChI=1S/C21H18N6O2/c22-17-12-19(28)27-18(26-17)8-11-25-21(29)14-5-3-13(4-6-14)20-15-2-1-9-23-16(15)7-10-24-20/h1-7,9-10,12H,8,11H2,(H,25,29)(H3,22,26,27,28). The number of nitrogens with two attached hydrogens (primary N) is 1. The molecule has 8 nitrogen and oxygen atoms in total. The number of nitrogens with zero attached hydrogens (tertiary/aromatic N) is 3. The summed E-state index contributed by atoms with van der Waals surface area (Å²) >= 11 is 0. The highest BCUT2D eigenvalue weighted by Gasteiger charge is 2.09. The van der Waals surface area contributed by atoms with Gasteiger partial charge in [-0.3, -0.25) is 19.6 Å². The maximum atomic E-state index is 12.4. The van der Waals surface area contributed by atoms with E-state index in [-0.39, 0.29) is 17.3 Å². The summed E-state index contributed by atoms with van der Waals surface area (Å²) in [5.41, 5.74) is 8.36. The highest BCUT2D eigenvalue weighted by Crippen LogP contribution is 2.25. The maximum Gasteiger partial charge on any atom is 0.252 e. The Morgan fingerprint density at radius 1 is 1.07 bits per heavy atom. The number of anilines is 1. The molecule has 3 aromatic heterocycles. The molecule has 1 aromatic carbocycles. The molecule has 0 saturated carbocycles. The lowest BCUT2D eigenvalue weighted by atomic mass is 10.0. The number of rotatable bonds is 5. The van der Waals surface area contributed by atoms with E-state index in [0.717, 1.165) is 22.2 Å². The number of hydrogen-bond donors (Lipinski definition) is 3. The lowest BCUT2D eigenvalue weighted by molar-refractivity contribution is 0.0954. The molecule has 0 aliphatic rings. The van der Waals surface area contributed by atoms with Gasteiger partial charge in [0.15, 0.2) is 0 Å². The number of H-pyrrole nitrogens is 1. The Balaban J connectivity index is 1.44. The number of nitrogen functional groups attached to an aromatic ring is 1. The van der Waals surface area contributed by atoms with Crippen molar-refractivity contribution < 1.29 is 4.79 Å². The average Bonchev–Trinajstić information content (AvgIpc) is 2.73. The highest BCUT2D eigenvalue weighted by molar-refractivity contribution is 5.96. The van der Waals surface area contributed by atoms with Crippen molar-refractivity contribution in [3.63, 3.8) is 0 Å². The van der Waals surface area contributed by atoms with Crippen molar-refractivity contribution in [3.8, 4) is 11.3 Å². The molecule has 8 heteroatoms. The van der Waals surface area contributed by atoms with Gasteiger partial charge < -0.3 is 16.0 Å². The van der Waals surface area contributed by atoms with Gasteiger partial charge in [-0.25, -0.2) is 4.98 Å². The molecule has 0 fully saturated rings. The van der Waals surface area contributed by atoms with E-state index in [4.69, 9.17) is 5.73 Å². The van der Waals surface area contributed by atoms with Crippen molar-refractivity contribution in [2.24, 2.45) is 0 Å². The number of pyridine rings is 2. The second-order valence-electron chi connectivity index (χ2n) is 6.43. The first-order chi connectivity index (χ1) is 14.1. The molecule has 0 saturated heterocycles. The summed E-state index contributed by atoms with van der Waals surface area (Å²) in [6.07, 6.45) is 3.84. The SMILES string of the molecule is Nc1cc(=O)[nH]c(CCNC(=O)c2ccc(-c3nccc4ncccc34)cc2)n1. The van der Waals surface area contributed by atoms with Crippen LogP contribution >= 0.6 is 0 Å². The summed E-state index contributed by atoms with van der Waals surface area (Å²) < 4.78 is 0. The van der Waals surface area contributed by atoms with Crippen molar-refractivity contribution in [3.05, 3.63) is 82.7 Å². The van der Waals surface area contributed by atoms with Crippen molar-refractivity contribution in [1.82, 2.24) is 25.3 Å². The molecule has 1 amide bonds. The van der Waals surface area contributed by atoms with Crippen LogP contribution in [0, 0.1) is 0 Å². The predicted molar refractivity (Wildman–Crippen MR) is 110 cm³/mol. The second kappa shape index (κ2) is 7.89.